The van der Waals surface area contributed by atoms with Crippen molar-refractivity contribution in [2.24, 2.45) is 0 Å². The molecule has 0 aliphatic carbocycles. The Bertz CT molecular complexity index is 3680. The molecular formula is C45H25N7. The topological polar surface area (TPSA) is 98.9 Å². The van der Waals surface area contributed by atoms with Crippen LogP contribution in [0.5, 0.6) is 0 Å². The molecule has 3 N–H and O–H groups in total. The average molecular weight is 664 g/mol. The Morgan fingerprint density at radius 1 is 0.365 bits per heavy atom. The molecule has 13 rings (SSSR count). The molecule has 0 fully saturated rings. The average Bonchev–Trinajstić information content (AvgIpc) is 3.98. The van der Waals surface area contributed by atoms with E-state index in [9.17, 15) is 0 Å². The van der Waals surface area contributed by atoms with Crippen molar-refractivity contribution in [3.05, 3.63) is 133 Å². The quantitative estimate of drug-likeness (QED) is 0.150. The van der Waals surface area contributed by atoms with E-state index in [4.69, 9.17) is 19.9 Å². The maximum absolute atomic E-state index is 5.55. The second-order valence-corrected chi connectivity index (χ2v) is 14.1. The highest BCUT2D eigenvalue weighted by atomic mass is 15.0. The molecule has 12 aromatic rings. The zero-order chi connectivity index (χ0) is 33.7. The lowest BCUT2D eigenvalue weighted by Gasteiger charge is -2.04. The monoisotopic (exact) mass is 663 g/mol. The van der Waals surface area contributed by atoms with E-state index in [1.807, 2.05) is 0 Å². The summed E-state index contributed by atoms with van der Waals surface area (Å²) in [5.74, 6) is 0. The second-order valence-electron chi connectivity index (χ2n) is 14.1. The van der Waals surface area contributed by atoms with E-state index in [1.165, 1.54) is 5.56 Å². The highest BCUT2D eigenvalue weighted by molar-refractivity contribution is 6.25. The van der Waals surface area contributed by atoms with Crippen molar-refractivity contribution in [2.45, 2.75) is 6.42 Å². The van der Waals surface area contributed by atoms with E-state index in [0.29, 0.717) is 6.42 Å². The van der Waals surface area contributed by atoms with Gasteiger partial charge in [0.1, 0.15) is 28.0 Å². The fourth-order valence-corrected chi connectivity index (χ4v) is 8.97. The summed E-state index contributed by atoms with van der Waals surface area (Å²) in [5, 5.41) is 13.0. The van der Waals surface area contributed by atoms with Crippen LogP contribution in [0.3, 0.4) is 0 Å². The van der Waals surface area contributed by atoms with Gasteiger partial charge in [-0.1, -0.05) is 97.1 Å². The van der Waals surface area contributed by atoms with Gasteiger partial charge in [-0.25, -0.2) is 15.0 Å². The third-order valence-corrected chi connectivity index (χ3v) is 11.2. The Hall–Kier alpha value is -7.12. The first kappa shape index (κ1) is 26.7. The summed E-state index contributed by atoms with van der Waals surface area (Å²) >= 11 is 0. The van der Waals surface area contributed by atoms with Crippen LogP contribution < -0.4 is 0 Å². The molecule has 52 heavy (non-hydrogen) atoms. The third kappa shape index (κ3) is 3.39. The molecular weight excluding hydrogens is 639 g/mol. The van der Waals surface area contributed by atoms with Crippen molar-refractivity contribution in [1.82, 2.24) is 34.9 Å². The molecule has 0 saturated heterocycles. The van der Waals surface area contributed by atoms with Crippen molar-refractivity contribution in [3.8, 4) is 0 Å². The number of aromatic nitrogens is 7. The van der Waals surface area contributed by atoms with Crippen LogP contribution in [0.2, 0.25) is 0 Å². The van der Waals surface area contributed by atoms with Gasteiger partial charge in [0, 0.05) is 11.8 Å². The molecule has 0 atom stereocenters. The summed E-state index contributed by atoms with van der Waals surface area (Å²) < 4.78 is 0. The number of hydrogen-bond acceptors (Lipinski definition) is 4. The van der Waals surface area contributed by atoms with Crippen molar-refractivity contribution >= 4 is 120 Å². The van der Waals surface area contributed by atoms with E-state index < -0.39 is 0 Å². The van der Waals surface area contributed by atoms with E-state index in [2.05, 4.69) is 136 Å². The van der Waals surface area contributed by atoms with Gasteiger partial charge in [0.2, 0.25) is 0 Å². The van der Waals surface area contributed by atoms with Crippen LogP contribution in [0.25, 0.3) is 120 Å². The zero-order valence-electron chi connectivity index (χ0n) is 27.5. The first-order valence-corrected chi connectivity index (χ1v) is 17.6. The molecule has 0 unspecified atom stereocenters. The Labute approximate surface area is 293 Å². The number of benzene rings is 8. The van der Waals surface area contributed by atoms with E-state index in [-0.39, 0.29) is 0 Å². The number of fused-ring (bicyclic) bond motifs is 16. The number of nitrogens with one attached hydrogen (secondary N) is 3. The summed E-state index contributed by atoms with van der Waals surface area (Å²) in [7, 11) is 0. The van der Waals surface area contributed by atoms with E-state index in [1.54, 1.807) is 0 Å². The lowest BCUT2D eigenvalue weighted by Crippen LogP contribution is -1.87. The maximum atomic E-state index is 5.55. The molecule has 7 heteroatoms. The third-order valence-electron chi connectivity index (χ3n) is 11.2. The van der Waals surface area contributed by atoms with Crippen LogP contribution in [0, 0.1) is 0 Å². The summed E-state index contributed by atoms with van der Waals surface area (Å²) in [6, 6.07) is 43.1. The number of rotatable bonds is 0. The number of imidazole rings is 3. The normalized spacial score (nSPS) is 12.9. The van der Waals surface area contributed by atoms with Crippen molar-refractivity contribution in [1.29, 1.82) is 0 Å². The Kier molecular flexibility index (Phi) is 4.80. The number of H-pyrrole nitrogens is 3. The van der Waals surface area contributed by atoms with Crippen molar-refractivity contribution in [3.63, 3.8) is 0 Å². The number of hydrogen-bond donors (Lipinski definition) is 3. The molecule has 8 bridgehead atoms. The van der Waals surface area contributed by atoms with Crippen LogP contribution >= 0.6 is 0 Å². The van der Waals surface area contributed by atoms with E-state index >= 15 is 0 Å². The van der Waals surface area contributed by atoms with Crippen LogP contribution in [-0.4, -0.2) is 34.9 Å². The summed E-state index contributed by atoms with van der Waals surface area (Å²) in [5.41, 5.74) is 11.0. The molecule has 240 valence electrons. The largest absolute Gasteiger partial charge is 0.338 e. The van der Waals surface area contributed by atoms with Crippen molar-refractivity contribution < 1.29 is 0 Å². The SMILES string of the molecule is c1ccc2c(c1)cc1[nH]c3nc1c2c1nc2c(cc4ccccc4c2c2nc4c(cc5ccccc5c4c4nc5c(cc6ccccc6c35)[nH]4)[nH]2)C1. The van der Waals surface area contributed by atoms with Gasteiger partial charge in [-0.2, -0.15) is 0 Å². The first-order chi connectivity index (χ1) is 25.7. The van der Waals surface area contributed by atoms with Crippen LogP contribution in [0.1, 0.15) is 11.3 Å². The Balaban J connectivity index is 1.39. The smallest absolute Gasteiger partial charge is 0.141 e. The molecule has 0 radical (unpaired) electrons. The molecule has 4 aromatic heterocycles. The molecule has 0 amide bonds. The van der Waals surface area contributed by atoms with Crippen LogP contribution in [0.15, 0.2) is 121 Å². The zero-order valence-corrected chi connectivity index (χ0v) is 27.5. The predicted molar refractivity (Wildman–Crippen MR) is 214 cm³/mol. The van der Waals surface area contributed by atoms with Gasteiger partial charge in [-0.05, 0) is 72.9 Å². The Morgan fingerprint density at radius 2 is 0.731 bits per heavy atom. The van der Waals surface area contributed by atoms with Gasteiger partial charge in [-0.15, -0.1) is 0 Å². The highest BCUT2D eigenvalue weighted by Crippen LogP contribution is 2.40. The van der Waals surface area contributed by atoms with Gasteiger partial charge < -0.3 is 15.0 Å². The van der Waals surface area contributed by atoms with Gasteiger partial charge in [0.25, 0.3) is 0 Å². The summed E-state index contributed by atoms with van der Waals surface area (Å²) in [6.45, 7) is 0. The summed E-state index contributed by atoms with van der Waals surface area (Å²) in [6.07, 6.45) is 0.689. The van der Waals surface area contributed by atoms with Crippen LogP contribution in [0.4, 0.5) is 0 Å². The minimum atomic E-state index is 0.689. The van der Waals surface area contributed by atoms with Gasteiger partial charge in [-0.3, -0.25) is 4.98 Å². The minimum absolute atomic E-state index is 0.689. The highest BCUT2D eigenvalue weighted by Gasteiger charge is 2.22. The first-order valence-electron chi connectivity index (χ1n) is 17.6. The predicted octanol–water partition coefficient (Wildman–Crippen LogP) is 11.0. The number of nitrogens with zero attached hydrogens (tertiary/aromatic N) is 4. The molecule has 5 heterocycles. The van der Waals surface area contributed by atoms with Crippen molar-refractivity contribution in [2.75, 3.05) is 0 Å². The minimum Gasteiger partial charge on any atom is -0.338 e. The molecule has 8 aromatic carbocycles. The molecule has 1 aliphatic rings. The molecule has 0 spiro atoms. The standard InChI is InChI=1S/C45H25N7/c1-6-14-28-22(9-1)17-26-21-31-35-27-13-5-2-10-23(27)18-32-40(35)50-44(47-32)37-29-15-7-3-12-25(29)20-34-42(37)52-45(49-34)38-30-16-8-4-11-24(30)19-33-41(38)51-43(48-33)36(28)39(26)46-31/h1-20H,21H2,(H,47,50)(H,48,51)(H,49,52). The molecule has 1 aliphatic heterocycles. The summed E-state index contributed by atoms with van der Waals surface area (Å²) in [4.78, 5) is 33.3. The molecule has 7 nitrogen and oxygen atoms in total. The van der Waals surface area contributed by atoms with Gasteiger partial charge in [0.15, 0.2) is 0 Å². The van der Waals surface area contributed by atoms with Gasteiger partial charge in [0.05, 0.1) is 49.4 Å². The fourth-order valence-electron chi connectivity index (χ4n) is 8.97. The Morgan fingerprint density at radius 3 is 1.19 bits per heavy atom. The fraction of sp³-hybridized carbons (Fsp3) is 0.0222. The maximum Gasteiger partial charge on any atom is 0.141 e. The lowest BCUT2D eigenvalue weighted by molar-refractivity contribution is 1.22. The lowest BCUT2D eigenvalue weighted by atomic mass is 9.99. The number of aromatic amines is 3. The molecule has 0 saturated carbocycles. The van der Waals surface area contributed by atoms with Crippen LogP contribution in [-0.2, 0) is 6.42 Å². The van der Waals surface area contributed by atoms with E-state index in [0.717, 1.165) is 126 Å². The second kappa shape index (κ2) is 9.35. The van der Waals surface area contributed by atoms with Gasteiger partial charge >= 0.3 is 0 Å².